The molecule has 11 bridgehead atoms. The van der Waals surface area contributed by atoms with Gasteiger partial charge in [0.2, 0.25) is 41.2 Å². The van der Waals surface area contributed by atoms with Crippen LogP contribution in [0.2, 0.25) is 5.02 Å². The Morgan fingerprint density at radius 2 is 1.43 bits per heavy atom. The van der Waals surface area contributed by atoms with Crippen molar-refractivity contribution in [2.75, 3.05) is 7.05 Å². The Labute approximate surface area is 512 Å². The number of aliphatic hydroxyl groups is 2. The number of hydrogen-bond acceptors (Lipinski definition) is 19. The average molecular weight is 1250 g/mol. The summed E-state index contributed by atoms with van der Waals surface area (Å²) in [6, 6.07) is 2.84. The highest BCUT2D eigenvalue weighted by atomic mass is 35.5. The van der Waals surface area contributed by atoms with Gasteiger partial charge in [-0.1, -0.05) is 49.7 Å². The van der Waals surface area contributed by atoms with Gasteiger partial charge in [0.1, 0.15) is 82.8 Å². The van der Waals surface area contributed by atoms with Crippen LogP contribution >= 0.6 is 11.6 Å². The summed E-state index contributed by atoms with van der Waals surface area (Å²) in [5.74, 6) is -14.6. The zero-order valence-electron chi connectivity index (χ0n) is 48.4. The van der Waals surface area contributed by atoms with Crippen LogP contribution < -0.4 is 63.3 Å². The Bertz CT molecular complexity index is 3640. The van der Waals surface area contributed by atoms with Crippen LogP contribution in [0.25, 0.3) is 11.1 Å². The number of nitrogens with one attached hydrogen (secondary N) is 6. The number of quaternary nitrogens is 2. The van der Waals surface area contributed by atoms with Crippen molar-refractivity contribution in [1.82, 2.24) is 31.9 Å². The minimum absolute atomic E-state index is 0.0101. The number of phenolic OH excluding ortho intramolecular Hbond substituents is 4. The Morgan fingerprint density at radius 1 is 0.787 bits per heavy atom. The Balaban J connectivity index is 1.27. The molecule has 29 heteroatoms. The van der Waals surface area contributed by atoms with Gasteiger partial charge in [0.25, 0.3) is 5.91 Å². The molecule has 0 saturated carbocycles. The summed E-state index contributed by atoms with van der Waals surface area (Å²) in [7, 11) is 1.63. The Morgan fingerprint density at radius 3 is 2.07 bits per heavy atom. The van der Waals surface area contributed by atoms with E-state index in [4.69, 9.17) is 36.3 Å². The van der Waals surface area contributed by atoms with E-state index in [0.717, 1.165) is 42.5 Å². The van der Waals surface area contributed by atoms with E-state index in [1.54, 1.807) is 19.3 Å². The third kappa shape index (κ3) is 13.7. The molecular formula is C60H67ClN9O19+. The standard InChI is InChI=1S/C60H66ClN9O19/c1-23(2)14-34(64-5)53(78)69-47-49(75)27-9-13-38(33(61)16-27)88-40-18-28-17-39(50(40)76)87-30-10-6-25(7-11-30)51(89-42-22-60(4,63)52(77)24(3)86-42)48-58(83)68-46(59(84)85)32-19-29(71)20-37(73)43(32)31-15-26(8-12-36(31)72)44(55(80)70-48)67-56(81)45(28)66-54(79)35(21-41(62)74)65-57(47)82/h6-13,15-20,23-24,34-35,42,44-49,51-52,64,71-73,75-77H,14,21-22,63H2,1-5H3,(H2,62,74)(H,65,82)(H,66,79)(H,67,81)(H,68,83)(H,69,78)(H,70,80)(H,84,85)/p+1/t24-,34+,35-,42+,44+,45+,46-,47+,48-,49+,51+,52-,60-/m0/s1. The minimum Gasteiger partial charge on any atom is -0.548 e. The lowest BCUT2D eigenvalue weighted by atomic mass is 9.86. The van der Waals surface area contributed by atoms with E-state index in [1.165, 1.54) is 49.4 Å². The highest BCUT2D eigenvalue weighted by Gasteiger charge is 2.48. The zero-order valence-corrected chi connectivity index (χ0v) is 49.2. The number of likely N-dealkylation sites (N-methyl/N-ethyl adjacent to an activating group) is 1. The molecule has 1 fully saturated rings. The topological polar surface area (TPSA) is 460 Å². The quantitative estimate of drug-likeness (QED) is 0.0789. The molecule has 472 valence electrons. The third-order valence-corrected chi connectivity index (χ3v) is 16.1. The van der Waals surface area contributed by atoms with Gasteiger partial charge in [-0.3, -0.25) is 33.6 Å². The Kier molecular flexibility index (Phi) is 18.6. The number of aliphatic carboxylic acids is 1. The number of ether oxygens (including phenoxy) is 4. The second-order valence-corrected chi connectivity index (χ2v) is 23.4. The van der Waals surface area contributed by atoms with E-state index in [0.29, 0.717) is 6.42 Å². The number of carboxylic acid groups (broad SMARTS) is 1. The number of primary amides is 1. The van der Waals surface area contributed by atoms with Gasteiger partial charge in [0.15, 0.2) is 23.8 Å². The minimum atomic E-state index is -2.29. The van der Waals surface area contributed by atoms with E-state index in [1.807, 2.05) is 13.8 Å². The average Bonchev–Trinajstić information content (AvgIpc) is 1.35. The van der Waals surface area contributed by atoms with E-state index in [-0.39, 0.29) is 51.1 Å². The van der Waals surface area contributed by atoms with E-state index >= 15 is 14.4 Å². The van der Waals surface area contributed by atoms with Crippen LogP contribution in [0.4, 0.5) is 0 Å². The fraction of sp³-hybridized carbons (Fsp3) is 0.367. The second-order valence-electron chi connectivity index (χ2n) is 23.0. The SMILES string of the molecule is C[NH2+][C@H](CC(C)C)C(=O)N[C@H]1C(=O)N[C@@H](CC(N)=O)C(=O)N[C@H]2C(=O)N[C@H]3C(=O)N[C@H](C(=O)N[C@H](C(=O)[O-])c4cc(O)cc(O)c4-c4cc3ccc4O)[C@H](O[C@@H]3C[C@](C)([NH3+])[C@@H](O)[C@H](C)O3)c3ccc(cc3)Oc3cc2cc(c3O)Oc2ccc(cc2Cl)[C@H]1O. The number of rotatable bonds is 10. The number of carbonyl (C=O) groups is 8. The van der Waals surface area contributed by atoms with Gasteiger partial charge < -0.3 is 108 Å². The normalized spacial score (nSPS) is 26.6. The summed E-state index contributed by atoms with van der Waals surface area (Å²) < 4.78 is 25.2. The first kappa shape index (κ1) is 64.2. The summed E-state index contributed by atoms with van der Waals surface area (Å²) in [5, 5.41) is 98.5. The van der Waals surface area contributed by atoms with Crippen LogP contribution in [-0.2, 0) is 47.8 Å². The molecule has 6 aliphatic heterocycles. The highest BCUT2D eigenvalue weighted by molar-refractivity contribution is 6.32. The molecule has 13 atom stereocenters. The smallest absolute Gasteiger partial charge is 0.278 e. The van der Waals surface area contributed by atoms with Crippen molar-refractivity contribution < 1.29 is 104 Å². The Hall–Kier alpha value is -9.29. The molecule has 6 heterocycles. The summed E-state index contributed by atoms with van der Waals surface area (Å²) in [6.07, 6.45) is -7.87. The molecule has 0 aliphatic carbocycles. The van der Waals surface area contributed by atoms with Gasteiger partial charge in [-0.15, -0.1) is 0 Å². The summed E-state index contributed by atoms with van der Waals surface area (Å²) in [6.45, 7) is 6.89. The number of benzene rings is 5. The molecule has 19 N–H and O–H groups in total. The monoisotopic (exact) mass is 1250 g/mol. The lowest BCUT2D eigenvalue weighted by Crippen LogP contribution is -2.89. The van der Waals surface area contributed by atoms with Crippen molar-refractivity contribution in [3.05, 3.63) is 118 Å². The van der Waals surface area contributed by atoms with Crippen molar-refractivity contribution in [1.29, 1.82) is 0 Å². The molecule has 1 saturated heterocycles. The predicted molar refractivity (Wildman–Crippen MR) is 306 cm³/mol. The number of fused-ring (bicyclic) bond motifs is 15. The van der Waals surface area contributed by atoms with Crippen LogP contribution in [-0.4, -0.2) is 133 Å². The van der Waals surface area contributed by atoms with Gasteiger partial charge in [0, 0.05) is 23.6 Å². The number of carboxylic acids is 1. The van der Waals surface area contributed by atoms with E-state index in [9.17, 15) is 59.7 Å². The predicted octanol–water partition coefficient (Wildman–Crippen LogP) is -1.10. The van der Waals surface area contributed by atoms with Crippen LogP contribution in [0.1, 0.15) is 105 Å². The molecule has 0 unspecified atom stereocenters. The molecule has 7 amide bonds. The summed E-state index contributed by atoms with van der Waals surface area (Å²) >= 11 is 6.83. The second kappa shape index (κ2) is 25.8. The maximum Gasteiger partial charge on any atom is 0.278 e. The van der Waals surface area contributed by atoms with Crippen LogP contribution in [0.3, 0.4) is 0 Å². The van der Waals surface area contributed by atoms with Gasteiger partial charge in [-0.05, 0) is 102 Å². The van der Waals surface area contributed by atoms with E-state index in [2.05, 4.69) is 37.6 Å². The first-order valence-electron chi connectivity index (χ1n) is 28.2. The number of carbonyl (C=O) groups excluding carboxylic acids is 8. The highest BCUT2D eigenvalue weighted by Crippen LogP contribution is 2.47. The molecule has 5 aromatic rings. The number of phenols is 4. The van der Waals surface area contributed by atoms with Crippen molar-refractivity contribution >= 4 is 58.9 Å². The summed E-state index contributed by atoms with van der Waals surface area (Å²) in [4.78, 5) is 116. The lowest BCUT2D eigenvalue weighted by molar-refractivity contribution is -0.651. The van der Waals surface area contributed by atoms with Crippen molar-refractivity contribution in [3.8, 4) is 57.1 Å². The fourth-order valence-corrected chi connectivity index (χ4v) is 11.4. The number of halogens is 1. The number of aromatic hydroxyl groups is 4. The summed E-state index contributed by atoms with van der Waals surface area (Å²) in [5.41, 5.74) is 6.58. The molecular weight excluding hydrogens is 1190 g/mol. The molecule has 5 aromatic carbocycles. The van der Waals surface area contributed by atoms with Crippen LogP contribution in [0.15, 0.2) is 84.9 Å². The first-order valence-corrected chi connectivity index (χ1v) is 28.5. The molecule has 0 aromatic heterocycles. The van der Waals surface area contributed by atoms with Crippen molar-refractivity contribution in [3.63, 3.8) is 0 Å². The molecule has 6 aliphatic rings. The largest absolute Gasteiger partial charge is 0.548 e. The van der Waals surface area contributed by atoms with Crippen LogP contribution in [0.5, 0.6) is 46.0 Å². The van der Waals surface area contributed by atoms with Gasteiger partial charge in [-0.2, -0.15) is 0 Å². The third-order valence-electron chi connectivity index (χ3n) is 15.8. The maximum atomic E-state index is 15.7. The maximum absolute atomic E-state index is 15.7. The van der Waals surface area contributed by atoms with Gasteiger partial charge in [-0.25, -0.2) is 0 Å². The van der Waals surface area contributed by atoms with Crippen molar-refractivity contribution in [2.24, 2.45) is 11.7 Å². The number of amides is 7. The van der Waals surface area contributed by atoms with Crippen LogP contribution in [0, 0.1) is 5.92 Å². The number of hydrogen-bond donors (Lipinski definition) is 15. The lowest BCUT2D eigenvalue weighted by Gasteiger charge is -2.42. The number of nitrogens with two attached hydrogens (primary N) is 2. The van der Waals surface area contributed by atoms with Gasteiger partial charge >= 0.3 is 0 Å². The molecule has 0 radical (unpaired) electrons. The molecule has 0 spiro atoms. The van der Waals surface area contributed by atoms with Crippen molar-refractivity contribution in [2.45, 2.75) is 125 Å². The fourth-order valence-electron chi connectivity index (χ4n) is 11.2. The molecule has 89 heavy (non-hydrogen) atoms. The molecule has 11 rings (SSSR count). The molecule has 28 nitrogen and oxygen atoms in total. The van der Waals surface area contributed by atoms with E-state index < -0.39 is 183 Å². The first-order chi connectivity index (χ1) is 42.0. The number of aliphatic hydroxyl groups excluding tert-OH is 2. The zero-order chi connectivity index (χ0) is 64.7. The van der Waals surface area contributed by atoms with Gasteiger partial charge in [0.05, 0.1) is 43.0 Å².